The summed E-state index contributed by atoms with van der Waals surface area (Å²) in [5.74, 6) is 1.75. The number of hydrogen-bond donors (Lipinski definition) is 2. The van der Waals surface area contributed by atoms with Gasteiger partial charge in [-0.2, -0.15) is 5.10 Å². The lowest BCUT2D eigenvalue weighted by Gasteiger charge is -2.32. The van der Waals surface area contributed by atoms with Gasteiger partial charge in [-0.05, 0) is 24.6 Å². The summed E-state index contributed by atoms with van der Waals surface area (Å²) in [6, 6.07) is 6.15. The molecule has 2 aromatic rings. The summed E-state index contributed by atoms with van der Waals surface area (Å²) in [6.45, 7) is 5.95. The fraction of sp³-hybridized carbons (Fsp3) is 0.500. The number of hydrogen-bond acceptors (Lipinski definition) is 5. The Bertz CT molecular complexity index is 725. The third-order valence-electron chi connectivity index (χ3n) is 4.42. The Morgan fingerprint density at radius 2 is 2.15 bits per heavy atom. The van der Waals surface area contributed by atoms with E-state index >= 15 is 0 Å². The van der Waals surface area contributed by atoms with E-state index in [4.69, 9.17) is 4.74 Å². The van der Waals surface area contributed by atoms with E-state index < -0.39 is 0 Å². The summed E-state index contributed by atoms with van der Waals surface area (Å²) in [5, 5.41) is 10.8. The lowest BCUT2D eigenvalue weighted by molar-refractivity contribution is 0.0529. The van der Waals surface area contributed by atoms with E-state index in [0.717, 1.165) is 42.7 Å². The van der Waals surface area contributed by atoms with Crippen LogP contribution in [-0.4, -0.2) is 53.6 Å². The molecule has 1 fully saturated rings. The smallest absolute Gasteiger partial charge is 0.191 e. The van der Waals surface area contributed by atoms with Crippen molar-refractivity contribution in [1.29, 1.82) is 0 Å². The molecule has 8 heteroatoms. The van der Waals surface area contributed by atoms with Gasteiger partial charge < -0.3 is 20.3 Å². The minimum Gasteiger partial charge on any atom is -0.375 e. The molecule has 0 aromatic carbocycles. The minimum absolute atomic E-state index is 0.251. The number of nitrogens with zero attached hydrogens (tertiary/aromatic N) is 5. The van der Waals surface area contributed by atoms with Crippen molar-refractivity contribution in [2.24, 2.45) is 12.0 Å². The summed E-state index contributed by atoms with van der Waals surface area (Å²) >= 11 is 0. The zero-order valence-corrected chi connectivity index (χ0v) is 15.6. The normalized spacial score (nSPS) is 18.0. The van der Waals surface area contributed by atoms with E-state index in [1.165, 1.54) is 0 Å². The van der Waals surface area contributed by atoms with Gasteiger partial charge in [-0.3, -0.25) is 9.67 Å². The molecule has 2 N–H and O–H groups in total. The van der Waals surface area contributed by atoms with Gasteiger partial charge in [0.25, 0.3) is 0 Å². The van der Waals surface area contributed by atoms with Crippen LogP contribution in [0.5, 0.6) is 0 Å². The summed E-state index contributed by atoms with van der Waals surface area (Å²) in [4.78, 5) is 11.1. The molecule has 0 aliphatic carbocycles. The maximum Gasteiger partial charge on any atom is 0.191 e. The van der Waals surface area contributed by atoms with Gasteiger partial charge in [0.1, 0.15) is 5.82 Å². The fourth-order valence-corrected chi connectivity index (χ4v) is 2.89. The van der Waals surface area contributed by atoms with Gasteiger partial charge in [-0.25, -0.2) is 4.98 Å². The molecule has 2 aromatic heterocycles. The number of anilines is 1. The Balaban J connectivity index is 1.49. The standard InChI is InChI=1S/C18H27N7O/c1-14-13-25(8-9-26-14)17-5-4-15(10-20-17)11-21-18(19-2)22-12-16-6-7-23-24(16)3/h4-7,10,14H,8-9,11-13H2,1-3H3,(H2,19,21,22). The third kappa shape index (κ3) is 4.72. The summed E-state index contributed by atoms with van der Waals surface area (Å²) in [7, 11) is 3.69. The number of aryl methyl sites for hydroxylation is 1. The van der Waals surface area contributed by atoms with E-state index in [9.17, 15) is 0 Å². The van der Waals surface area contributed by atoms with Crippen LogP contribution in [0.15, 0.2) is 35.6 Å². The van der Waals surface area contributed by atoms with Crippen molar-refractivity contribution in [3.05, 3.63) is 41.9 Å². The van der Waals surface area contributed by atoms with Gasteiger partial charge in [-0.1, -0.05) is 6.07 Å². The minimum atomic E-state index is 0.251. The van der Waals surface area contributed by atoms with E-state index in [-0.39, 0.29) is 6.10 Å². The second kappa shape index (κ2) is 8.66. The number of aliphatic imine (C=N–C) groups is 1. The fourth-order valence-electron chi connectivity index (χ4n) is 2.89. The van der Waals surface area contributed by atoms with Crippen molar-refractivity contribution in [2.45, 2.75) is 26.1 Å². The SMILES string of the molecule is CN=C(NCc1ccc(N2CCOC(C)C2)nc1)NCc1ccnn1C. The number of rotatable bonds is 5. The Morgan fingerprint density at radius 1 is 1.31 bits per heavy atom. The number of pyridine rings is 1. The number of ether oxygens (including phenoxy) is 1. The molecule has 1 aliphatic heterocycles. The van der Waals surface area contributed by atoms with Crippen LogP contribution in [0.2, 0.25) is 0 Å². The first-order valence-electron chi connectivity index (χ1n) is 8.88. The second-order valence-electron chi connectivity index (χ2n) is 6.38. The Morgan fingerprint density at radius 3 is 2.81 bits per heavy atom. The van der Waals surface area contributed by atoms with Gasteiger partial charge in [0, 0.05) is 46.1 Å². The highest BCUT2D eigenvalue weighted by Gasteiger charge is 2.17. The van der Waals surface area contributed by atoms with Crippen LogP contribution in [-0.2, 0) is 24.9 Å². The lowest BCUT2D eigenvalue weighted by Crippen LogP contribution is -2.41. The Kier molecular flexibility index (Phi) is 6.06. The largest absolute Gasteiger partial charge is 0.375 e. The van der Waals surface area contributed by atoms with Gasteiger partial charge in [0.05, 0.1) is 24.9 Å². The Hall–Kier alpha value is -2.61. The molecular formula is C18H27N7O. The maximum absolute atomic E-state index is 5.58. The highest BCUT2D eigenvalue weighted by Crippen LogP contribution is 2.15. The highest BCUT2D eigenvalue weighted by molar-refractivity contribution is 5.79. The highest BCUT2D eigenvalue weighted by atomic mass is 16.5. The van der Waals surface area contributed by atoms with Crippen LogP contribution < -0.4 is 15.5 Å². The number of nitrogens with one attached hydrogen (secondary N) is 2. The molecule has 8 nitrogen and oxygen atoms in total. The zero-order valence-electron chi connectivity index (χ0n) is 15.6. The van der Waals surface area contributed by atoms with Gasteiger partial charge in [0.15, 0.2) is 5.96 Å². The molecule has 1 saturated heterocycles. The molecular weight excluding hydrogens is 330 g/mol. The monoisotopic (exact) mass is 357 g/mol. The van der Waals surface area contributed by atoms with Crippen LogP contribution in [0.4, 0.5) is 5.82 Å². The number of morpholine rings is 1. The van der Waals surface area contributed by atoms with Crippen LogP contribution in [0.3, 0.4) is 0 Å². The summed E-state index contributed by atoms with van der Waals surface area (Å²) in [5.41, 5.74) is 2.21. The Labute approximate surface area is 154 Å². The summed E-state index contributed by atoms with van der Waals surface area (Å²) < 4.78 is 7.43. The number of guanidine groups is 1. The molecule has 3 rings (SSSR count). The van der Waals surface area contributed by atoms with Crippen LogP contribution >= 0.6 is 0 Å². The van der Waals surface area contributed by atoms with E-state index in [1.807, 2.05) is 24.0 Å². The molecule has 26 heavy (non-hydrogen) atoms. The third-order valence-corrected chi connectivity index (χ3v) is 4.42. The first-order chi connectivity index (χ1) is 12.7. The molecule has 140 valence electrons. The van der Waals surface area contributed by atoms with Crippen molar-refractivity contribution in [3.63, 3.8) is 0 Å². The molecule has 3 heterocycles. The molecule has 1 unspecified atom stereocenters. The molecule has 0 saturated carbocycles. The van der Waals surface area contributed by atoms with Crippen LogP contribution in [0.1, 0.15) is 18.2 Å². The van der Waals surface area contributed by atoms with Crippen molar-refractivity contribution in [2.75, 3.05) is 31.6 Å². The molecule has 0 radical (unpaired) electrons. The van der Waals surface area contributed by atoms with Gasteiger partial charge in [-0.15, -0.1) is 0 Å². The predicted octanol–water partition coefficient (Wildman–Crippen LogP) is 0.905. The van der Waals surface area contributed by atoms with Crippen molar-refractivity contribution >= 4 is 11.8 Å². The van der Waals surface area contributed by atoms with E-state index in [0.29, 0.717) is 13.1 Å². The quantitative estimate of drug-likeness (QED) is 0.612. The molecule has 0 spiro atoms. The van der Waals surface area contributed by atoms with Crippen LogP contribution in [0, 0.1) is 0 Å². The van der Waals surface area contributed by atoms with Crippen molar-refractivity contribution in [3.8, 4) is 0 Å². The molecule has 1 aliphatic rings. The molecule has 0 bridgehead atoms. The first-order valence-corrected chi connectivity index (χ1v) is 8.88. The lowest BCUT2D eigenvalue weighted by atomic mass is 10.2. The van der Waals surface area contributed by atoms with Crippen molar-refractivity contribution in [1.82, 2.24) is 25.4 Å². The van der Waals surface area contributed by atoms with E-state index in [2.05, 4.69) is 49.7 Å². The number of aromatic nitrogens is 3. The van der Waals surface area contributed by atoms with E-state index in [1.54, 1.807) is 13.2 Å². The van der Waals surface area contributed by atoms with Crippen LogP contribution in [0.25, 0.3) is 0 Å². The van der Waals surface area contributed by atoms with Crippen molar-refractivity contribution < 1.29 is 4.74 Å². The average Bonchev–Trinajstić information content (AvgIpc) is 3.07. The maximum atomic E-state index is 5.58. The molecule has 1 atom stereocenters. The first kappa shape index (κ1) is 18.2. The van der Waals surface area contributed by atoms with Gasteiger partial charge >= 0.3 is 0 Å². The zero-order chi connectivity index (χ0) is 18.4. The predicted molar refractivity (Wildman–Crippen MR) is 102 cm³/mol. The molecule has 0 amide bonds. The van der Waals surface area contributed by atoms with Gasteiger partial charge in [0.2, 0.25) is 0 Å². The summed E-state index contributed by atoms with van der Waals surface area (Å²) in [6.07, 6.45) is 3.95. The topological polar surface area (TPSA) is 79.6 Å². The second-order valence-corrected chi connectivity index (χ2v) is 6.38. The average molecular weight is 357 g/mol.